The van der Waals surface area contributed by atoms with Gasteiger partial charge in [0.2, 0.25) is 0 Å². The molecule has 1 unspecified atom stereocenters. The van der Waals surface area contributed by atoms with Gasteiger partial charge in [0.15, 0.2) is 0 Å². The molecule has 0 bridgehead atoms. The maximum Gasteiger partial charge on any atom is 0.110 e. The van der Waals surface area contributed by atoms with Gasteiger partial charge in [0, 0.05) is 6.04 Å². The largest absolute Gasteiger partial charge is 0.383 e. The number of hydrogen-bond acceptors (Lipinski definition) is 2. The zero-order valence-electron chi connectivity index (χ0n) is 10.8. The fraction of sp³-hybridized carbons (Fsp3) is 0.769. The highest BCUT2D eigenvalue weighted by Gasteiger charge is 2.47. The number of nitrogens with zero attached hydrogens (tertiary/aromatic N) is 2. The fourth-order valence-corrected chi connectivity index (χ4v) is 3.21. The zero-order chi connectivity index (χ0) is 12.6. The Hall–Kier alpha value is -0.350. The Labute approximate surface area is 111 Å². The smallest absolute Gasteiger partial charge is 0.110 e. The maximum absolute atomic E-state index is 11.0. The minimum absolute atomic E-state index is 0.276. The van der Waals surface area contributed by atoms with E-state index in [1.807, 2.05) is 4.68 Å². The summed E-state index contributed by atoms with van der Waals surface area (Å²) < 4.78 is 2.90. The summed E-state index contributed by atoms with van der Waals surface area (Å²) in [6.45, 7) is 6.32. The Morgan fingerprint density at radius 1 is 1.59 bits per heavy atom. The van der Waals surface area contributed by atoms with Crippen LogP contribution in [0.1, 0.15) is 58.2 Å². The Bertz CT molecular complexity index is 398. The summed E-state index contributed by atoms with van der Waals surface area (Å²) in [5, 5.41) is 15.4. The number of hydrogen-bond donors (Lipinski definition) is 1. The third-order valence-corrected chi connectivity index (χ3v) is 4.11. The minimum Gasteiger partial charge on any atom is -0.383 e. The number of aromatic nitrogens is 2. The molecule has 0 spiro atoms. The molecule has 0 aromatic carbocycles. The van der Waals surface area contributed by atoms with Crippen LogP contribution in [0, 0.1) is 5.92 Å². The summed E-state index contributed by atoms with van der Waals surface area (Å²) in [6, 6.07) is 0.276. The van der Waals surface area contributed by atoms with E-state index in [2.05, 4.69) is 41.8 Å². The monoisotopic (exact) mass is 300 g/mol. The van der Waals surface area contributed by atoms with Crippen LogP contribution in [0.3, 0.4) is 0 Å². The number of aliphatic hydroxyl groups is 1. The van der Waals surface area contributed by atoms with E-state index >= 15 is 0 Å². The molecular formula is C13H21BrN2O. The molecule has 1 fully saturated rings. The fourth-order valence-electron chi connectivity index (χ4n) is 2.60. The van der Waals surface area contributed by atoms with E-state index in [4.69, 9.17) is 0 Å². The summed E-state index contributed by atoms with van der Waals surface area (Å²) in [5.74, 6) is 0.410. The van der Waals surface area contributed by atoms with E-state index in [0.717, 1.165) is 35.8 Å². The molecule has 1 aromatic rings. The quantitative estimate of drug-likeness (QED) is 0.902. The van der Waals surface area contributed by atoms with E-state index in [1.165, 1.54) is 0 Å². The lowest BCUT2D eigenvalue weighted by Crippen LogP contribution is -2.32. The highest BCUT2D eigenvalue weighted by atomic mass is 79.9. The first-order valence-electron chi connectivity index (χ1n) is 6.46. The lowest BCUT2D eigenvalue weighted by atomic mass is 9.88. The molecule has 96 valence electrons. The first kappa shape index (κ1) is 13.1. The van der Waals surface area contributed by atoms with Gasteiger partial charge in [-0.15, -0.1) is 0 Å². The predicted molar refractivity (Wildman–Crippen MR) is 71.8 cm³/mol. The van der Waals surface area contributed by atoms with Gasteiger partial charge in [-0.1, -0.05) is 13.3 Å². The summed E-state index contributed by atoms with van der Waals surface area (Å²) in [4.78, 5) is 0. The maximum atomic E-state index is 11.0. The number of halogens is 1. The van der Waals surface area contributed by atoms with Crippen LogP contribution in [0.2, 0.25) is 0 Å². The molecule has 0 amide bonds. The summed E-state index contributed by atoms with van der Waals surface area (Å²) in [6.07, 6.45) is 5.87. The standard InChI is InChI=1S/C13H21BrN2O/c1-4-7-13(17,10-5-6-10)12-11(14)8-15-16(12)9(2)3/h8-10,17H,4-7H2,1-3H3. The Kier molecular flexibility index (Phi) is 3.64. The van der Waals surface area contributed by atoms with Crippen LogP contribution >= 0.6 is 15.9 Å². The lowest BCUT2D eigenvalue weighted by Gasteiger charge is -2.30. The molecule has 17 heavy (non-hydrogen) atoms. The van der Waals surface area contributed by atoms with Gasteiger partial charge in [0.1, 0.15) is 5.60 Å². The molecule has 2 rings (SSSR count). The van der Waals surface area contributed by atoms with Gasteiger partial charge < -0.3 is 5.11 Å². The molecule has 0 saturated heterocycles. The third-order valence-electron chi connectivity index (χ3n) is 3.53. The minimum atomic E-state index is -0.700. The molecule has 1 atom stereocenters. The van der Waals surface area contributed by atoms with Crippen molar-refractivity contribution in [3.8, 4) is 0 Å². The van der Waals surface area contributed by atoms with Gasteiger partial charge >= 0.3 is 0 Å². The Morgan fingerprint density at radius 3 is 2.71 bits per heavy atom. The van der Waals surface area contributed by atoms with Gasteiger partial charge in [0.05, 0.1) is 16.4 Å². The van der Waals surface area contributed by atoms with Crippen molar-refractivity contribution in [3.63, 3.8) is 0 Å². The van der Waals surface area contributed by atoms with E-state index < -0.39 is 5.60 Å². The first-order valence-corrected chi connectivity index (χ1v) is 7.25. The molecule has 0 radical (unpaired) electrons. The molecule has 1 N–H and O–H groups in total. The molecular weight excluding hydrogens is 280 g/mol. The van der Waals surface area contributed by atoms with Crippen molar-refractivity contribution in [2.24, 2.45) is 5.92 Å². The van der Waals surface area contributed by atoms with Crippen LogP contribution in [0.5, 0.6) is 0 Å². The van der Waals surface area contributed by atoms with Crippen LogP contribution in [-0.2, 0) is 5.60 Å². The molecule has 1 aromatic heterocycles. The first-order chi connectivity index (χ1) is 8.00. The van der Waals surface area contributed by atoms with Crippen molar-refractivity contribution >= 4 is 15.9 Å². The van der Waals surface area contributed by atoms with Crippen molar-refractivity contribution in [2.75, 3.05) is 0 Å². The predicted octanol–water partition coefficient (Wildman–Crippen LogP) is 3.62. The Balaban J connectivity index is 2.45. The number of rotatable bonds is 5. The van der Waals surface area contributed by atoms with Gasteiger partial charge in [-0.3, -0.25) is 4.68 Å². The van der Waals surface area contributed by atoms with Gasteiger partial charge in [-0.2, -0.15) is 5.10 Å². The zero-order valence-corrected chi connectivity index (χ0v) is 12.4. The average Bonchev–Trinajstić information content (AvgIpc) is 3.02. The molecule has 1 aliphatic rings. The molecule has 1 aliphatic carbocycles. The van der Waals surface area contributed by atoms with E-state index in [1.54, 1.807) is 6.20 Å². The van der Waals surface area contributed by atoms with E-state index in [0.29, 0.717) is 5.92 Å². The van der Waals surface area contributed by atoms with Crippen molar-refractivity contribution in [2.45, 2.75) is 58.1 Å². The Morgan fingerprint density at radius 2 is 2.24 bits per heavy atom. The average molecular weight is 301 g/mol. The molecule has 4 heteroatoms. The summed E-state index contributed by atoms with van der Waals surface area (Å²) >= 11 is 3.54. The second-order valence-corrected chi connectivity index (χ2v) is 6.18. The van der Waals surface area contributed by atoms with Gasteiger partial charge in [-0.25, -0.2) is 0 Å². The highest BCUT2D eigenvalue weighted by molar-refractivity contribution is 9.10. The second kappa shape index (κ2) is 4.73. The van der Waals surface area contributed by atoms with Crippen LogP contribution in [0.4, 0.5) is 0 Å². The summed E-state index contributed by atoms with van der Waals surface area (Å²) in [5.41, 5.74) is 0.269. The molecule has 0 aliphatic heterocycles. The normalized spacial score (nSPS) is 19.6. The van der Waals surface area contributed by atoms with Crippen LogP contribution < -0.4 is 0 Å². The van der Waals surface area contributed by atoms with E-state index in [9.17, 15) is 5.11 Å². The van der Waals surface area contributed by atoms with Crippen LogP contribution in [0.15, 0.2) is 10.7 Å². The van der Waals surface area contributed by atoms with Gasteiger partial charge in [-0.05, 0) is 55.0 Å². The van der Waals surface area contributed by atoms with Crippen molar-refractivity contribution < 1.29 is 5.11 Å². The molecule has 1 heterocycles. The SMILES string of the molecule is CCCC(O)(c1c(Br)cnn1C(C)C)C1CC1. The highest BCUT2D eigenvalue weighted by Crippen LogP contribution is 2.50. The third kappa shape index (κ3) is 2.29. The van der Waals surface area contributed by atoms with Crippen LogP contribution in [-0.4, -0.2) is 14.9 Å². The molecule has 1 saturated carbocycles. The van der Waals surface area contributed by atoms with Gasteiger partial charge in [0.25, 0.3) is 0 Å². The van der Waals surface area contributed by atoms with Crippen molar-refractivity contribution in [1.29, 1.82) is 0 Å². The summed E-state index contributed by atoms with van der Waals surface area (Å²) in [7, 11) is 0. The van der Waals surface area contributed by atoms with Crippen molar-refractivity contribution in [1.82, 2.24) is 9.78 Å². The topological polar surface area (TPSA) is 38.1 Å². The van der Waals surface area contributed by atoms with Crippen molar-refractivity contribution in [3.05, 3.63) is 16.4 Å². The van der Waals surface area contributed by atoms with E-state index in [-0.39, 0.29) is 6.04 Å². The lowest BCUT2D eigenvalue weighted by molar-refractivity contribution is -0.00679. The molecule has 3 nitrogen and oxygen atoms in total. The second-order valence-electron chi connectivity index (χ2n) is 5.33. The van der Waals surface area contributed by atoms with Crippen LogP contribution in [0.25, 0.3) is 0 Å².